The van der Waals surface area contributed by atoms with Crippen LogP contribution in [-0.4, -0.2) is 5.78 Å². The number of ketones is 1. The molecule has 4 heteroatoms. The van der Waals surface area contributed by atoms with E-state index in [1.807, 2.05) is 0 Å². The number of hydrogen-bond donors (Lipinski definition) is 1. The average Bonchev–Trinajstić information content (AvgIpc) is 2.32. The fourth-order valence-electron chi connectivity index (χ4n) is 1.46. The first kappa shape index (κ1) is 8.26. The number of Topliss-reactive ketones (excluding diaryl/α,β-unsaturated/α-hetero) is 1. The van der Waals surface area contributed by atoms with Crippen molar-refractivity contribution >= 4 is 38.7 Å². The third-order valence-electron chi connectivity index (χ3n) is 2.09. The van der Waals surface area contributed by atoms with Crippen LogP contribution in [0.25, 0.3) is 0 Å². The maximum absolute atomic E-state index is 11.4. The average molecular weight is 246 g/mol. The van der Waals surface area contributed by atoms with Gasteiger partial charge in [-0.15, -0.1) is 11.3 Å². The lowest BCUT2D eigenvalue weighted by Crippen LogP contribution is -2.08. The fraction of sp³-hybridized carbons (Fsp3) is 0.375. The van der Waals surface area contributed by atoms with Crippen LogP contribution in [0, 0.1) is 0 Å². The molecule has 0 unspecified atom stereocenters. The molecule has 2 rings (SSSR count). The molecule has 0 bridgehead atoms. The summed E-state index contributed by atoms with van der Waals surface area (Å²) in [5, 5.41) is 0. The van der Waals surface area contributed by atoms with Crippen LogP contribution in [0.4, 0.5) is 5.69 Å². The lowest BCUT2D eigenvalue weighted by atomic mass is 9.97. The molecule has 2 nitrogen and oxygen atoms in total. The quantitative estimate of drug-likeness (QED) is 0.764. The first-order valence-electron chi connectivity index (χ1n) is 3.80. The minimum Gasteiger partial charge on any atom is -0.397 e. The third-order valence-corrected chi connectivity index (χ3v) is 4.08. The van der Waals surface area contributed by atoms with Crippen molar-refractivity contribution in [1.82, 2.24) is 0 Å². The minimum atomic E-state index is 0.249. The predicted molar refractivity (Wildman–Crippen MR) is 53.7 cm³/mol. The van der Waals surface area contributed by atoms with Gasteiger partial charge in [-0.1, -0.05) is 0 Å². The number of halogens is 1. The summed E-state index contributed by atoms with van der Waals surface area (Å²) < 4.78 is 0.905. The summed E-state index contributed by atoms with van der Waals surface area (Å²) in [7, 11) is 0. The van der Waals surface area contributed by atoms with Gasteiger partial charge in [-0.2, -0.15) is 0 Å². The molecule has 0 aliphatic heterocycles. The van der Waals surface area contributed by atoms with Gasteiger partial charge in [0.1, 0.15) is 0 Å². The van der Waals surface area contributed by atoms with E-state index in [2.05, 4.69) is 15.9 Å². The van der Waals surface area contributed by atoms with Gasteiger partial charge >= 0.3 is 0 Å². The Bertz CT molecular complexity index is 345. The zero-order valence-corrected chi connectivity index (χ0v) is 8.80. The molecule has 1 aromatic heterocycles. The Morgan fingerprint density at radius 3 is 2.83 bits per heavy atom. The highest BCUT2D eigenvalue weighted by atomic mass is 79.9. The van der Waals surface area contributed by atoms with Crippen molar-refractivity contribution in [3.63, 3.8) is 0 Å². The molecule has 0 fully saturated rings. The van der Waals surface area contributed by atoms with E-state index in [0.29, 0.717) is 6.42 Å². The molecule has 0 aromatic carbocycles. The molecule has 0 saturated heterocycles. The van der Waals surface area contributed by atoms with Crippen molar-refractivity contribution in [2.24, 2.45) is 0 Å². The van der Waals surface area contributed by atoms with Crippen molar-refractivity contribution in [1.29, 1.82) is 0 Å². The van der Waals surface area contributed by atoms with Crippen molar-refractivity contribution in [2.45, 2.75) is 19.3 Å². The number of hydrogen-bond acceptors (Lipinski definition) is 3. The van der Waals surface area contributed by atoms with Gasteiger partial charge in [-0.3, -0.25) is 4.79 Å². The molecule has 1 aliphatic rings. The number of fused-ring (bicyclic) bond motifs is 1. The van der Waals surface area contributed by atoms with Gasteiger partial charge < -0.3 is 5.73 Å². The first-order chi connectivity index (χ1) is 5.70. The largest absolute Gasteiger partial charge is 0.397 e. The van der Waals surface area contributed by atoms with E-state index in [9.17, 15) is 4.79 Å². The van der Waals surface area contributed by atoms with E-state index in [1.165, 1.54) is 11.3 Å². The van der Waals surface area contributed by atoms with Crippen LogP contribution in [0.5, 0.6) is 0 Å². The number of nitrogens with two attached hydrogens (primary N) is 1. The van der Waals surface area contributed by atoms with Crippen molar-refractivity contribution in [3.05, 3.63) is 14.2 Å². The molecule has 1 aromatic rings. The molecular weight excluding hydrogens is 238 g/mol. The van der Waals surface area contributed by atoms with Crippen molar-refractivity contribution < 1.29 is 4.79 Å². The monoisotopic (exact) mass is 245 g/mol. The molecule has 1 heterocycles. The van der Waals surface area contributed by atoms with Crippen LogP contribution in [0.3, 0.4) is 0 Å². The third kappa shape index (κ3) is 1.10. The molecule has 1 aliphatic carbocycles. The van der Waals surface area contributed by atoms with Gasteiger partial charge in [-0.25, -0.2) is 0 Å². The molecule has 0 atom stereocenters. The number of carbonyl (C=O) groups is 1. The van der Waals surface area contributed by atoms with E-state index in [-0.39, 0.29) is 5.78 Å². The van der Waals surface area contributed by atoms with Crippen molar-refractivity contribution in [3.8, 4) is 0 Å². The van der Waals surface area contributed by atoms with Gasteiger partial charge in [-0.05, 0) is 34.3 Å². The van der Waals surface area contributed by atoms with Gasteiger partial charge in [0.15, 0.2) is 5.78 Å². The van der Waals surface area contributed by atoms with Crippen LogP contribution in [0.1, 0.15) is 28.1 Å². The molecular formula is C8H8BrNOS. The van der Waals surface area contributed by atoms with Crippen LogP contribution >= 0.6 is 27.3 Å². The second-order valence-corrected chi connectivity index (χ2v) is 5.21. The summed E-state index contributed by atoms with van der Waals surface area (Å²) >= 11 is 4.81. The maximum atomic E-state index is 11.4. The summed E-state index contributed by atoms with van der Waals surface area (Å²) in [6.07, 6.45) is 2.58. The first-order valence-corrected chi connectivity index (χ1v) is 5.41. The zero-order chi connectivity index (χ0) is 8.72. The van der Waals surface area contributed by atoms with Gasteiger partial charge in [0.05, 0.1) is 14.4 Å². The van der Waals surface area contributed by atoms with Crippen LogP contribution in [-0.2, 0) is 6.42 Å². The molecule has 0 radical (unpaired) electrons. The molecule has 12 heavy (non-hydrogen) atoms. The van der Waals surface area contributed by atoms with Crippen LogP contribution in [0.15, 0.2) is 3.79 Å². The van der Waals surface area contributed by atoms with Crippen LogP contribution < -0.4 is 5.73 Å². The Hall–Kier alpha value is -0.350. The zero-order valence-electron chi connectivity index (χ0n) is 6.39. The smallest absolute Gasteiger partial charge is 0.173 e. The molecule has 2 N–H and O–H groups in total. The van der Waals surface area contributed by atoms with E-state index in [4.69, 9.17) is 5.73 Å². The van der Waals surface area contributed by atoms with E-state index < -0.39 is 0 Å². The Labute approximate surface area is 82.9 Å². The highest BCUT2D eigenvalue weighted by Gasteiger charge is 2.23. The summed E-state index contributed by atoms with van der Waals surface area (Å²) in [5.41, 5.74) is 7.62. The summed E-state index contributed by atoms with van der Waals surface area (Å²) in [6.45, 7) is 0. The summed E-state index contributed by atoms with van der Waals surface area (Å²) in [6, 6.07) is 0. The number of nitrogen functional groups attached to an aromatic ring is 1. The number of anilines is 1. The Morgan fingerprint density at radius 2 is 2.17 bits per heavy atom. The van der Waals surface area contributed by atoms with Gasteiger partial charge in [0, 0.05) is 6.42 Å². The number of rotatable bonds is 0. The van der Waals surface area contributed by atoms with E-state index in [0.717, 1.165) is 32.8 Å². The highest BCUT2D eigenvalue weighted by molar-refractivity contribution is 9.11. The normalized spacial score (nSPS) is 16.2. The molecule has 64 valence electrons. The minimum absolute atomic E-state index is 0.249. The molecule has 0 saturated carbocycles. The summed E-state index contributed by atoms with van der Waals surface area (Å²) in [4.78, 5) is 12.3. The van der Waals surface area contributed by atoms with Crippen molar-refractivity contribution in [2.75, 3.05) is 5.73 Å². The van der Waals surface area contributed by atoms with Crippen LogP contribution in [0.2, 0.25) is 0 Å². The maximum Gasteiger partial charge on any atom is 0.173 e. The van der Waals surface area contributed by atoms with Gasteiger partial charge in [0.2, 0.25) is 0 Å². The Morgan fingerprint density at radius 1 is 1.42 bits per heavy atom. The van der Waals surface area contributed by atoms with E-state index >= 15 is 0 Å². The summed E-state index contributed by atoms with van der Waals surface area (Å²) in [5.74, 6) is 0.249. The molecule has 0 spiro atoms. The van der Waals surface area contributed by atoms with E-state index in [1.54, 1.807) is 0 Å². The SMILES string of the molecule is Nc1c(Br)sc2c1CCCC2=O. The number of carbonyl (C=O) groups excluding carboxylic acids is 1. The lowest BCUT2D eigenvalue weighted by molar-refractivity contribution is 0.0977. The Kier molecular flexibility index (Phi) is 1.96. The van der Waals surface area contributed by atoms with Gasteiger partial charge in [0.25, 0.3) is 0 Å². The second kappa shape index (κ2) is 2.85. The topological polar surface area (TPSA) is 43.1 Å². The number of thiophene rings is 1. The predicted octanol–water partition coefficient (Wildman–Crippen LogP) is 2.61. The fourth-order valence-corrected chi connectivity index (χ4v) is 3.15. The lowest BCUT2D eigenvalue weighted by Gasteiger charge is -2.09. The second-order valence-electron chi connectivity index (χ2n) is 2.87. The molecule has 0 amide bonds. The highest BCUT2D eigenvalue weighted by Crippen LogP contribution is 2.39. The standard InChI is InChI=1S/C8H8BrNOS/c9-8-6(10)4-2-1-3-5(11)7(4)12-8/h1-3,10H2. The Balaban J connectivity index is 2.60.